The van der Waals surface area contributed by atoms with E-state index >= 15 is 0 Å². The third-order valence-electron chi connectivity index (χ3n) is 14.8. The molecule has 3 nitrogen and oxygen atoms in total. The number of fused-ring (bicyclic) bond motifs is 5. The highest BCUT2D eigenvalue weighted by molar-refractivity contribution is 6.90. The van der Waals surface area contributed by atoms with E-state index in [9.17, 15) is 4.79 Å². The molecular weight excluding hydrogens is 664 g/mol. The Kier molecular flexibility index (Phi) is 11.9. The summed E-state index contributed by atoms with van der Waals surface area (Å²) in [4.78, 5) is 13.5. The van der Waals surface area contributed by atoms with Gasteiger partial charge in [0, 0.05) is 11.4 Å². The largest absolute Gasteiger partial charge is 0.494 e. The molecule has 2 aromatic carbocycles. The van der Waals surface area contributed by atoms with Gasteiger partial charge in [0.1, 0.15) is 19.9 Å². The molecule has 0 bridgehead atoms. The Morgan fingerprint density at radius 2 is 1.63 bits per heavy atom. The second-order valence-electron chi connectivity index (χ2n) is 18.7. The average Bonchev–Trinajstić information content (AvgIpc) is 3.46. The SMILES string of the molecule is CCCC(Oc1ccc(Cl)cc1)[Si](C)(C)c1ccc(C(=O)OC2CC[C@@]3(C)C(=CCC4C3CC[C@@]3(C)C4CC[C@@H]3[C@H](C)CCCC(C)C)C2)cc1. The summed E-state index contributed by atoms with van der Waals surface area (Å²) in [5.74, 6) is 5.72. The first-order chi connectivity index (χ1) is 24.3. The van der Waals surface area contributed by atoms with Crippen molar-refractivity contribution in [1.29, 1.82) is 0 Å². The smallest absolute Gasteiger partial charge is 0.338 e. The zero-order valence-corrected chi connectivity index (χ0v) is 34.9. The van der Waals surface area contributed by atoms with Crippen LogP contribution in [0.5, 0.6) is 5.75 Å². The van der Waals surface area contributed by atoms with Crippen molar-refractivity contribution in [1.82, 2.24) is 0 Å². The zero-order chi connectivity index (χ0) is 36.6. The number of hydrogen-bond donors (Lipinski definition) is 0. The molecule has 3 fully saturated rings. The number of rotatable bonds is 13. The molecule has 0 spiro atoms. The van der Waals surface area contributed by atoms with Crippen molar-refractivity contribution in [2.24, 2.45) is 46.3 Å². The average molecular weight is 732 g/mol. The molecule has 0 heterocycles. The van der Waals surface area contributed by atoms with Gasteiger partial charge in [-0.1, -0.05) is 121 Å². The van der Waals surface area contributed by atoms with Crippen molar-refractivity contribution in [3.63, 3.8) is 0 Å². The maximum Gasteiger partial charge on any atom is 0.338 e. The van der Waals surface area contributed by atoms with Crippen LogP contribution in [-0.4, -0.2) is 25.9 Å². The second kappa shape index (κ2) is 15.7. The molecular formula is C46H67ClO3Si. The molecule has 51 heavy (non-hydrogen) atoms. The number of ether oxygens (including phenoxy) is 2. The van der Waals surface area contributed by atoms with E-state index in [2.05, 4.69) is 72.8 Å². The summed E-state index contributed by atoms with van der Waals surface area (Å²) in [6.07, 6.45) is 18.7. The highest BCUT2D eigenvalue weighted by Gasteiger charge is 2.59. The van der Waals surface area contributed by atoms with E-state index in [1.807, 2.05) is 36.4 Å². The van der Waals surface area contributed by atoms with Crippen LogP contribution in [-0.2, 0) is 4.74 Å². The molecule has 0 aliphatic heterocycles. The molecule has 4 aliphatic rings. The lowest BCUT2D eigenvalue weighted by molar-refractivity contribution is -0.0594. The minimum absolute atomic E-state index is 0.0306. The fraction of sp³-hybridized carbons (Fsp3) is 0.674. The molecule has 0 aromatic heterocycles. The number of benzene rings is 2. The van der Waals surface area contributed by atoms with Gasteiger partial charge in [0.25, 0.3) is 0 Å². The van der Waals surface area contributed by atoms with E-state index in [0.717, 1.165) is 73.4 Å². The Morgan fingerprint density at radius 1 is 0.902 bits per heavy atom. The fourth-order valence-corrected chi connectivity index (χ4v) is 14.7. The number of allylic oxidation sites excluding steroid dienone is 1. The van der Waals surface area contributed by atoms with Gasteiger partial charge in [0.15, 0.2) is 0 Å². The van der Waals surface area contributed by atoms with Crippen molar-refractivity contribution < 1.29 is 14.3 Å². The van der Waals surface area contributed by atoms with Crippen LogP contribution in [0.25, 0.3) is 0 Å². The number of carbonyl (C=O) groups is 1. The summed E-state index contributed by atoms with van der Waals surface area (Å²) in [5.41, 5.74) is 3.13. The summed E-state index contributed by atoms with van der Waals surface area (Å²) in [6.45, 7) is 19.5. The summed E-state index contributed by atoms with van der Waals surface area (Å²) in [5, 5.41) is 2.01. The lowest BCUT2D eigenvalue weighted by Crippen LogP contribution is -2.55. The molecule has 9 atom stereocenters. The molecule has 6 rings (SSSR count). The topological polar surface area (TPSA) is 35.5 Å². The highest BCUT2D eigenvalue weighted by Crippen LogP contribution is 2.67. The number of halogens is 1. The quantitative estimate of drug-likeness (QED) is 0.117. The number of hydrogen-bond acceptors (Lipinski definition) is 3. The number of carbonyl (C=O) groups excluding carboxylic acids is 1. The summed E-state index contributed by atoms with van der Waals surface area (Å²) >= 11 is 6.12. The van der Waals surface area contributed by atoms with Gasteiger partial charge in [0.2, 0.25) is 0 Å². The van der Waals surface area contributed by atoms with Crippen LogP contribution >= 0.6 is 11.6 Å². The first kappa shape index (κ1) is 38.7. The lowest BCUT2D eigenvalue weighted by atomic mass is 9.47. The Morgan fingerprint density at radius 3 is 2.31 bits per heavy atom. The Hall–Kier alpha value is -2.04. The first-order valence-electron chi connectivity index (χ1n) is 20.7. The van der Waals surface area contributed by atoms with Crippen LogP contribution in [0.2, 0.25) is 18.1 Å². The van der Waals surface area contributed by atoms with Gasteiger partial charge in [-0.2, -0.15) is 0 Å². The zero-order valence-electron chi connectivity index (χ0n) is 33.1. The molecule has 0 N–H and O–H groups in total. The van der Waals surface area contributed by atoms with E-state index in [0.29, 0.717) is 16.0 Å². The van der Waals surface area contributed by atoms with Gasteiger partial charge in [-0.05, 0) is 134 Å². The molecule has 0 saturated heterocycles. The third kappa shape index (κ3) is 7.94. The van der Waals surface area contributed by atoms with E-state index in [4.69, 9.17) is 21.1 Å². The van der Waals surface area contributed by atoms with Crippen molar-refractivity contribution in [3.8, 4) is 5.75 Å². The van der Waals surface area contributed by atoms with Crippen LogP contribution < -0.4 is 9.92 Å². The molecule has 0 amide bonds. The summed E-state index contributed by atoms with van der Waals surface area (Å²) < 4.78 is 12.8. The van der Waals surface area contributed by atoms with Gasteiger partial charge in [-0.3, -0.25) is 0 Å². The summed E-state index contributed by atoms with van der Waals surface area (Å²) in [7, 11) is -2.02. The first-order valence-corrected chi connectivity index (χ1v) is 24.1. The predicted octanol–water partition coefficient (Wildman–Crippen LogP) is 12.6. The molecule has 0 radical (unpaired) electrons. The monoisotopic (exact) mass is 730 g/mol. The van der Waals surface area contributed by atoms with Crippen LogP contribution in [0.15, 0.2) is 60.2 Å². The van der Waals surface area contributed by atoms with Crippen molar-refractivity contribution >= 4 is 30.8 Å². The van der Waals surface area contributed by atoms with Crippen molar-refractivity contribution in [2.45, 2.75) is 150 Å². The lowest BCUT2D eigenvalue weighted by Gasteiger charge is -2.58. The maximum absolute atomic E-state index is 13.5. The standard InChI is InChI=1S/C46H67ClO3Si/c1-9-11-43(49-36-19-17-35(47)18-20-36)51(7,8)38-21-14-33(15-22-38)44(48)50-37-26-28-45(5)34(30-37)16-23-39-41-25-24-40(32(4)13-10-12-31(2)3)46(41,6)29-27-42(39)45/h14-22,31-32,37,39-43H,9-13,23-30H2,1-8H3/t32-,37?,39?,40-,41?,42?,43?,45+,46-/m1/s1. The van der Waals surface area contributed by atoms with E-state index in [1.54, 1.807) is 5.57 Å². The molecule has 280 valence electrons. The van der Waals surface area contributed by atoms with Gasteiger partial charge in [-0.15, -0.1) is 0 Å². The summed E-state index contributed by atoms with van der Waals surface area (Å²) in [6, 6.07) is 15.9. The van der Waals surface area contributed by atoms with Gasteiger partial charge in [0.05, 0.1) is 11.3 Å². The Bertz CT molecular complexity index is 1510. The van der Waals surface area contributed by atoms with Gasteiger partial charge in [-0.25, -0.2) is 4.79 Å². The second-order valence-corrected chi connectivity index (χ2v) is 23.8. The van der Waals surface area contributed by atoms with E-state index in [-0.39, 0.29) is 23.2 Å². The van der Waals surface area contributed by atoms with Crippen LogP contribution in [0.4, 0.5) is 0 Å². The molecule has 4 aliphatic carbocycles. The van der Waals surface area contributed by atoms with Gasteiger partial charge < -0.3 is 9.47 Å². The normalized spacial score (nSPS) is 31.6. The number of esters is 1. The van der Waals surface area contributed by atoms with Crippen molar-refractivity contribution in [2.75, 3.05) is 0 Å². The molecule has 2 aromatic rings. The van der Waals surface area contributed by atoms with Crippen LogP contribution in [0, 0.1) is 46.3 Å². The van der Waals surface area contributed by atoms with Crippen LogP contribution in [0.3, 0.4) is 0 Å². The molecule has 5 unspecified atom stereocenters. The minimum Gasteiger partial charge on any atom is -0.494 e. The highest BCUT2D eigenvalue weighted by atomic mass is 35.5. The minimum atomic E-state index is -2.02. The van der Waals surface area contributed by atoms with E-state index < -0.39 is 8.07 Å². The Labute approximate surface area is 316 Å². The molecule has 5 heteroatoms. The maximum atomic E-state index is 13.5. The van der Waals surface area contributed by atoms with Crippen LogP contribution in [0.1, 0.15) is 135 Å². The fourth-order valence-electron chi connectivity index (χ4n) is 11.7. The Balaban J connectivity index is 1.07. The van der Waals surface area contributed by atoms with Gasteiger partial charge >= 0.3 is 5.97 Å². The predicted molar refractivity (Wildman–Crippen MR) is 217 cm³/mol. The molecule has 3 saturated carbocycles. The van der Waals surface area contributed by atoms with E-state index in [1.165, 1.54) is 56.6 Å². The van der Waals surface area contributed by atoms with Crippen molar-refractivity contribution in [3.05, 3.63) is 70.8 Å². The third-order valence-corrected chi connectivity index (χ3v) is 18.9.